The van der Waals surface area contributed by atoms with Crippen LogP contribution >= 0.6 is 15.9 Å². The van der Waals surface area contributed by atoms with Gasteiger partial charge in [0.15, 0.2) is 0 Å². The Morgan fingerprint density at radius 3 is 2.65 bits per heavy atom. The lowest BCUT2D eigenvalue weighted by atomic mass is 10.0. The van der Waals surface area contributed by atoms with Gasteiger partial charge in [0, 0.05) is 37.3 Å². The molecule has 0 aromatic heterocycles. The Labute approximate surface area is 163 Å². The van der Waals surface area contributed by atoms with Crippen LogP contribution in [0.15, 0.2) is 27.6 Å². The van der Waals surface area contributed by atoms with Crippen molar-refractivity contribution in [3.05, 3.63) is 28.2 Å². The van der Waals surface area contributed by atoms with Crippen molar-refractivity contribution in [3.63, 3.8) is 0 Å². The van der Waals surface area contributed by atoms with Gasteiger partial charge < -0.3 is 15.0 Å². The first kappa shape index (κ1) is 21.3. The van der Waals surface area contributed by atoms with E-state index in [1.807, 2.05) is 0 Å². The topological polar surface area (TPSA) is 87.7 Å². The molecule has 1 aliphatic rings. The van der Waals surface area contributed by atoms with Gasteiger partial charge in [0.05, 0.1) is 17.1 Å². The third kappa shape index (κ3) is 5.75. The highest BCUT2D eigenvalue weighted by Gasteiger charge is 2.23. The fraction of sp³-hybridized carbons (Fsp3) is 0.588. The molecule has 0 aliphatic carbocycles. The van der Waals surface area contributed by atoms with E-state index in [0.717, 1.165) is 32.5 Å². The van der Waals surface area contributed by atoms with Crippen LogP contribution in [-0.2, 0) is 14.8 Å². The second kappa shape index (κ2) is 9.80. The number of sulfonamides is 1. The third-order valence-corrected chi connectivity index (χ3v) is 6.61. The molecule has 1 saturated heterocycles. The quantitative estimate of drug-likeness (QED) is 0.590. The summed E-state index contributed by atoms with van der Waals surface area (Å²) >= 11 is 3.34. The van der Waals surface area contributed by atoms with E-state index in [2.05, 4.69) is 37.8 Å². The molecule has 7 nitrogen and oxygen atoms in total. The summed E-state index contributed by atoms with van der Waals surface area (Å²) in [5, 5.41) is 3.02. The van der Waals surface area contributed by atoms with Crippen LogP contribution in [0.2, 0.25) is 0 Å². The SMILES string of the molecule is CCN1CCC(NC(=O)c2cc(S(=O)(=O)NCCOC)ccc2Br)CC1. The zero-order chi connectivity index (χ0) is 19.2. The highest BCUT2D eigenvalue weighted by atomic mass is 79.9. The van der Waals surface area contributed by atoms with E-state index in [9.17, 15) is 13.2 Å². The molecule has 146 valence electrons. The normalized spacial score (nSPS) is 16.6. The van der Waals surface area contributed by atoms with Gasteiger partial charge in [0.1, 0.15) is 0 Å². The summed E-state index contributed by atoms with van der Waals surface area (Å²) in [7, 11) is -2.19. The first-order valence-electron chi connectivity index (χ1n) is 8.68. The summed E-state index contributed by atoms with van der Waals surface area (Å²) in [6.07, 6.45) is 1.79. The van der Waals surface area contributed by atoms with Crippen molar-refractivity contribution >= 4 is 31.9 Å². The maximum Gasteiger partial charge on any atom is 0.252 e. The summed E-state index contributed by atoms with van der Waals surface area (Å²) < 4.78 is 32.5. The fourth-order valence-corrected chi connectivity index (χ4v) is 4.33. The van der Waals surface area contributed by atoms with E-state index < -0.39 is 10.0 Å². The Morgan fingerprint density at radius 2 is 2.04 bits per heavy atom. The molecule has 0 spiro atoms. The Bertz CT molecular complexity index is 719. The van der Waals surface area contributed by atoms with Crippen molar-refractivity contribution in [1.29, 1.82) is 0 Å². The van der Waals surface area contributed by atoms with E-state index in [1.54, 1.807) is 6.07 Å². The monoisotopic (exact) mass is 447 g/mol. The van der Waals surface area contributed by atoms with Crippen molar-refractivity contribution in [1.82, 2.24) is 14.9 Å². The maximum absolute atomic E-state index is 12.6. The number of hydrogen-bond acceptors (Lipinski definition) is 5. The number of likely N-dealkylation sites (tertiary alicyclic amines) is 1. The first-order valence-corrected chi connectivity index (χ1v) is 11.0. The number of benzene rings is 1. The highest BCUT2D eigenvalue weighted by Crippen LogP contribution is 2.22. The predicted octanol–water partition coefficient (Wildman–Crippen LogP) is 1.59. The molecule has 0 unspecified atom stereocenters. The van der Waals surface area contributed by atoms with Crippen LogP contribution < -0.4 is 10.0 Å². The lowest BCUT2D eigenvalue weighted by molar-refractivity contribution is 0.0911. The molecule has 1 amide bonds. The largest absolute Gasteiger partial charge is 0.383 e. The van der Waals surface area contributed by atoms with E-state index >= 15 is 0 Å². The molecular formula is C17H26BrN3O4S. The number of carbonyl (C=O) groups excluding carboxylic acids is 1. The molecule has 1 fully saturated rings. The van der Waals surface area contributed by atoms with Crippen LogP contribution in [0.4, 0.5) is 0 Å². The molecule has 1 heterocycles. The molecular weight excluding hydrogens is 422 g/mol. The van der Waals surface area contributed by atoms with E-state index in [0.29, 0.717) is 10.0 Å². The zero-order valence-electron chi connectivity index (χ0n) is 15.1. The number of piperidine rings is 1. The third-order valence-electron chi connectivity index (χ3n) is 4.46. The summed E-state index contributed by atoms with van der Waals surface area (Å²) in [5.41, 5.74) is 0.317. The number of nitrogens with one attached hydrogen (secondary N) is 2. The molecule has 1 aromatic rings. The number of nitrogens with zero attached hydrogens (tertiary/aromatic N) is 1. The number of carbonyl (C=O) groups is 1. The van der Waals surface area contributed by atoms with E-state index in [1.165, 1.54) is 19.2 Å². The first-order chi connectivity index (χ1) is 12.4. The van der Waals surface area contributed by atoms with Crippen molar-refractivity contribution in [3.8, 4) is 0 Å². The smallest absolute Gasteiger partial charge is 0.252 e. The molecule has 0 radical (unpaired) electrons. The Kier molecular flexibility index (Phi) is 8.03. The van der Waals surface area contributed by atoms with Gasteiger partial charge in [-0.05, 0) is 53.5 Å². The minimum absolute atomic E-state index is 0.0581. The summed E-state index contributed by atoms with van der Waals surface area (Å²) in [6, 6.07) is 4.56. The number of rotatable bonds is 8. The van der Waals surface area contributed by atoms with Crippen LogP contribution in [0.1, 0.15) is 30.1 Å². The van der Waals surface area contributed by atoms with Crippen molar-refractivity contribution in [2.75, 3.05) is 39.9 Å². The number of amides is 1. The van der Waals surface area contributed by atoms with Gasteiger partial charge >= 0.3 is 0 Å². The van der Waals surface area contributed by atoms with Crippen molar-refractivity contribution < 1.29 is 17.9 Å². The molecule has 2 N–H and O–H groups in total. The molecule has 0 bridgehead atoms. The maximum atomic E-state index is 12.6. The lowest BCUT2D eigenvalue weighted by Gasteiger charge is -2.31. The Morgan fingerprint density at radius 1 is 1.35 bits per heavy atom. The lowest BCUT2D eigenvalue weighted by Crippen LogP contribution is -2.44. The van der Waals surface area contributed by atoms with Crippen molar-refractivity contribution in [2.24, 2.45) is 0 Å². The summed E-state index contributed by atoms with van der Waals surface area (Å²) in [5.74, 6) is -0.263. The van der Waals surface area contributed by atoms with Crippen LogP contribution in [0.5, 0.6) is 0 Å². The molecule has 0 atom stereocenters. The molecule has 1 aliphatic heterocycles. The van der Waals surface area contributed by atoms with Crippen molar-refractivity contribution in [2.45, 2.75) is 30.7 Å². The van der Waals surface area contributed by atoms with Gasteiger partial charge in [0.25, 0.3) is 5.91 Å². The van der Waals surface area contributed by atoms with Crippen LogP contribution in [0.3, 0.4) is 0 Å². The molecule has 1 aromatic carbocycles. The molecule has 26 heavy (non-hydrogen) atoms. The minimum Gasteiger partial charge on any atom is -0.383 e. The number of ether oxygens (including phenoxy) is 1. The van der Waals surface area contributed by atoms with Crippen LogP contribution in [-0.4, -0.2) is 65.2 Å². The van der Waals surface area contributed by atoms with Gasteiger partial charge in [-0.25, -0.2) is 13.1 Å². The van der Waals surface area contributed by atoms with Crippen LogP contribution in [0, 0.1) is 0 Å². The zero-order valence-corrected chi connectivity index (χ0v) is 17.5. The Hall–Kier alpha value is -1.00. The fourth-order valence-electron chi connectivity index (χ4n) is 2.86. The average molecular weight is 448 g/mol. The average Bonchev–Trinajstić information content (AvgIpc) is 2.62. The second-order valence-electron chi connectivity index (χ2n) is 6.21. The molecule has 2 rings (SSSR count). The summed E-state index contributed by atoms with van der Waals surface area (Å²) in [4.78, 5) is 15.0. The Balaban J connectivity index is 2.08. The number of hydrogen-bond donors (Lipinski definition) is 2. The van der Waals surface area contributed by atoms with Gasteiger partial charge in [-0.1, -0.05) is 6.92 Å². The van der Waals surface area contributed by atoms with E-state index in [-0.39, 0.29) is 30.0 Å². The van der Waals surface area contributed by atoms with Crippen LogP contribution in [0.25, 0.3) is 0 Å². The van der Waals surface area contributed by atoms with E-state index in [4.69, 9.17) is 4.74 Å². The number of halogens is 1. The molecule has 9 heteroatoms. The molecule has 0 saturated carbocycles. The van der Waals surface area contributed by atoms with Gasteiger partial charge in [-0.3, -0.25) is 4.79 Å². The number of methoxy groups -OCH3 is 1. The minimum atomic E-state index is -3.69. The standard InChI is InChI=1S/C17H26BrN3O4S/c1-3-21-9-6-13(7-10-21)20-17(22)15-12-14(4-5-16(15)18)26(23,24)19-8-11-25-2/h4-5,12-13,19H,3,6-11H2,1-2H3,(H,20,22). The second-order valence-corrected chi connectivity index (χ2v) is 8.84. The highest BCUT2D eigenvalue weighted by molar-refractivity contribution is 9.10. The van der Waals surface area contributed by atoms with Gasteiger partial charge in [-0.2, -0.15) is 0 Å². The van der Waals surface area contributed by atoms with Gasteiger partial charge in [0.2, 0.25) is 10.0 Å². The predicted molar refractivity (Wildman–Crippen MR) is 104 cm³/mol. The van der Waals surface area contributed by atoms with Gasteiger partial charge in [-0.15, -0.1) is 0 Å². The summed E-state index contributed by atoms with van der Waals surface area (Å²) in [6.45, 7) is 5.51.